The Hall–Kier alpha value is -1.32. The molecule has 17 heavy (non-hydrogen) atoms. The van der Waals surface area contributed by atoms with Crippen LogP contribution in [0.5, 0.6) is 5.75 Å². The van der Waals surface area contributed by atoms with Gasteiger partial charge in [0.15, 0.2) is 0 Å². The first-order valence-corrected chi connectivity index (χ1v) is 5.91. The van der Waals surface area contributed by atoms with E-state index in [1.54, 1.807) is 7.11 Å². The zero-order valence-electron chi connectivity index (χ0n) is 10.4. The first kappa shape index (κ1) is 12.1. The Morgan fingerprint density at radius 2 is 2.06 bits per heavy atom. The second-order valence-corrected chi connectivity index (χ2v) is 4.50. The van der Waals surface area contributed by atoms with E-state index in [2.05, 4.69) is 24.0 Å². The van der Waals surface area contributed by atoms with Crippen LogP contribution in [0.1, 0.15) is 12.5 Å². The average Bonchev–Trinajstić information content (AvgIpc) is 2.66. The monoisotopic (exact) mass is 233 g/mol. The maximum absolute atomic E-state index is 9.75. The van der Waals surface area contributed by atoms with Gasteiger partial charge in [-0.1, -0.05) is 17.7 Å². The summed E-state index contributed by atoms with van der Waals surface area (Å²) in [6.45, 7) is 3.80. The minimum Gasteiger partial charge on any atom is -0.497 e. The van der Waals surface area contributed by atoms with Gasteiger partial charge in [0.1, 0.15) is 12.0 Å². The predicted molar refractivity (Wildman–Crippen MR) is 68.0 cm³/mol. The minimum atomic E-state index is -0.409. The summed E-state index contributed by atoms with van der Waals surface area (Å²) < 4.78 is 5.12. The van der Waals surface area contributed by atoms with Crippen LogP contribution in [-0.4, -0.2) is 36.4 Å². The summed E-state index contributed by atoms with van der Waals surface area (Å²) in [6, 6.07) is 8.08. The molecule has 0 fully saturated rings. The van der Waals surface area contributed by atoms with Crippen LogP contribution in [0.2, 0.25) is 0 Å². The fourth-order valence-corrected chi connectivity index (χ4v) is 2.10. The summed E-state index contributed by atoms with van der Waals surface area (Å²) >= 11 is 0. The highest BCUT2D eigenvalue weighted by atomic mass is 16.5. The molecule has 0 saturated carbocycles. The van der Waals surface area contributed by atoms with Gasteiger partial charge in [0.25, 0.3) is 0 Å². The molecule has 1 N–H and O–H groups in total. The number of ether oxygens (including phenoxy) is 1. The molecule has 1 aromatic rings. The lowest BCUT2D eigenvalue weighted by molar-refractivity contribution is 0.0637. The van der Waals surface area contributed by atoms with Crippen LogP contribution in [0.4, 0.5) is 0 Å². The highest BCUT2D eigenvalue weighted by molar-refractivity contribution is 5.27. The molecule has 1 aromatic carbocycles. The van der Waals surface area contributed by atoms with Gasteiger partial charge in [-0.25, -0.2) is 0 Å². The van der Waals surface area contributed by atoms with Crippen molar-refractivity contribution in [2.75, 3.05) is 20.2 Å². The molecule has 3 nitrogen and oxygen atoms in total. The zero-order chi connectivity index (χ0) is 12.3. The van der Waals surface area contributed by atoms with Gasteiger partial charge in [0.2, 0.25) is 0 Å². The molecule has 1 heterocycles. The van der Waals surface area contributed by atoms with Crippen LogP contribution in [0, 0.1) is 0 Å². The molecule has 1 aliphatic heterocycles. The molecule has 0 bridgehead atoms. The van der Waals surface area contributed by atoms with Crippen molar-refractivity contribution in [1.82, 2.24) is 4.90 Å². The number of benzene rings is 1. The topological polar surface area (TPSA) is 32.7 Å². The van der Waals surface area contributed by atoms with Gasteiger partial charge in [-0.3, -0.25) is 4.90 Å². The molecule has 1 atom stereocenters. The lowest BCUT2D eigenvalue weighted by atomic mass is 10.1. The SMILES string of the molecule is COc1ccc(CCN2CC(C)=CC2O)cc1. The van der Waals surface area contributed by atoms with Crippen molar-refractivity contribution < 1.29 is 9.84 Å². The molecule has 0 aliphatic carbocycles. The van der Waals surface area contributed by atoms with Gasteiger partial charge >= 0.3 is 0 Å². The lowest BCUT2D eigenvalue weighted by Crippen LogP contribution is -2.31. The number of nitrogens with zero attached hydrogens (tertiary/aromatic N) is 1. The average molecular weight is 233 g/mol. The maximum atomic E-state index is 9.75. The summed E-state index contributed by atoms with van der Waals surface area (Å²) in [4.78, 5) is 2.07. The molecule has 0 radical (unpaired) electrons. The number of hydrogen-bond acceptors (Lipinski definition) is 3. The molecular formula is C14H19NO2. The summed E-state index contributed by atoms with van der Waals surface area (Å²) in [5.74, 6) is 0.882. The number of aliphatic hydroxyl groups is 1. The fourth-order valence-electron chi connectivity index (χ4n) is 2.10. The first-order chi connectivity index (χ1) is 8.19. The van der Waals surface area contributed by atoms with Gasteiger partial charge < -0.3 is 9.84 Å². The van der Waals surface area contributed by atoms with Crippen molar-refractivity contribution in [1.29, 1.82) is 0 Å². The zero-order valence-corrected chi connectivity index (χ0v) is 10.4. The van der Waals surface area contributed by atoms with Crippen molar-refractivity contribution in [3.05, 3.63) is 41.5 Å². The van der Waals surface area contributed by atoms with Gasteiger partial charge in [0.05, 0.1) is 7.11 Å². The lowest BCUT2D eigenvalue weighted by Gasteiger charge is -2.19. The largest absolute Gasteiger partial charge is 0.497 e. The molecule has 1 aliphatic rings. The second-order valence-electron chi connectivity index (χ2n) is 4.50. The van der Waals surface area contributed by atoms with Crippen molar-refractivity contribution in [2.45, 2.75) is 19.6 Å². The minimum absolute atomic E-state index is 0.409. The first-order valence-electron chi connectivity index (χ1n) is 5.91. The summed E-state index contributed by atoms with van der Waals surface area (Å²) in [6.07, 6.45) is 2.45. The molecule has 0 aromatic heterocycles. The third kappa shape index (κ3) is 3.08. The van der Waals surface area contributed by atoms with E-state index < -0.39 is 6.23 Å². The smallest absolute Gasteiger partial charge is 0.127 e. The van der Waals surface area contributed by atoms with E-state index in [1.807, 2.05) is 18.2 Å². The summed E-state index contributed by atoms with van der Waals surface area (Å²) in [5, 5.41) is 9.75. The van der Waals surface area contributed by atoms with E-state index in [0.29, 0.717) is 0 Å². The molecule has 0 saturated heterocycles. The molecule has 3 heteroatoms. The standard InChI is InChI=1S/C14H19NO2/c1-11-9-14(16)15(10-11)8-7-12-3-5-13(17-2)6-4-12/h3-6,9,14,16H,7-8,10H2,1-2H3. The molecule has 92 valence electrons. The predicted octanol–water partition coefficient (Wildman–Crippen LogP) is 1.82. The Kier molecular flexibility index (Phi) is 3.82. The van der Waals surface area contributed by atoms with Gasteiger partial charge in [-0.15, -0.1) is 0 Å². The molecule has 0 amide bonds. The van der Waals surface area contributed by atoms with Gasteiger partial charge in [-0.2, -0.15) is 0 Å². The summed E-state index contributed by atoms with van der Waals surface area (Å²) in [7, 11) is 1.67. The van der Waals surface area contributed by atoms with Crippen molar-refractivity contribution in [3.63, 3.8) is 0 Å². The summed E-state index contributed by atoms with van der Waals surface area (Å²) in [5.41, 5.74) is 2.51. The molecule has 1 unspecified atom stereocenters. The van der Waals surface area contributed by atoms with E-state index in [9.17, 15) is 5.11 Å². The molecular weight excluding hydrogens is 214 g/mol. The van der Waals surface area contributed by atoms with E-state index in [0.717, 1.165) is 25.3 Å². The van der Waals surface area contributed by atoms with E-state index in [-0.39, 0.29) is 0 Å². The van der Waals surface area contributed by atoms with E-state index in [4.69, 9.17) is 4.74 Å². The van der Waals surface area contributed by atoms with Crippen LogP contribution in [0.3, 0.4) is 0 Å². The van der Waals surface area contributed by atoms with E-state index >= 15 is 0 Å². The quantitative estimate of drug-likeness (QED) is 0.805. The third-order valence-corrected chi connectivity index (χ3v) is 3.11. The van der Waals surface area contributed by atoms with Crippen molar-refractivity contribution >= 4 is 0 Å². The number of methoxy groups -OCH3 is 1. The van der Waals surface area contributed by atoms with Crippen LogP contribution in [0.25, 0.3) is 0 Å². The van der Waals surface area contributed by atoms with Gasteiger partial charge in [-0.05, 0) is 37.1 Å². The number of hydrogen-bond donors (Lipinski definition) is 1. The molecule has 2 rings (SSSR count). The number of aliphatic hydroxyl groups excluding tert-OH is 1. The Morgan fingerprint density at radius 3 is 2.59 bits per heavy atom. The van der Waals surface area contributed by atoms with Crippen LogP contribution < -0.4 is 4.74 Å². The Bertz CT molecular complexity index is 397. The van der Waals surface area contributed by atoms with Crippen molar-refractivity contribution in [3.8, 4) is 5.75 Å². The Balaban J connectivity index is 1.86. The molecule has 0 spiro atoms. The maximum Gasteiger partial charge on any atom is 0.127 e. The Morgan fingerprint density at radius 1 is 1.35 bits per heavy atom. The van der Waals surface area contributed by atoms with Crippen molar-refractivity contribution in [2.24, 2.45) is 0 Å². The second kappa shape index (κ2) is 5.34. The van der Waals surface area contributed by atoms with Gasteiger partial charge in [0, 0.05) is 13.1 Å². The van der Waals surface area contributed by atoms with Crippen LogP contribution in [-0.2, 0) is 6.42 Å². The Labute approximate surface area is 102 Å². The highest BCUT2D eigenvalue weighted by Crippen LogP contribution is 2.16. The normalized spacial score (nSPS) is 20.4. The fraction of sp³-hybridized carbons (Fsp3) is 0.429. The van der Waals surface area contributed by atoms with Crippen LogP contribution >= 0.6 is 0 Å². The van der Waals surface area contributed by atoms with E-state index in [1.165, 1.54) is 11.1 Å². The highest BCUT2D eigenvalue weighted by Gasteiger charge is 2.19. The third-order valence-electron chi connectivity index (χ3n) is 3.11. The van der Waals surface area contributed by atoms with Crippen LogP contribution in [0.15, 0.2) is 35.9 Å². The number of rotatable bonds is 4.